The minimum Gasteiger partial charge on any atom is -0.459 e. The van der Waals surface area contributed by atoms with Gasteiger partial charge < -0.3 is 19.0 Å². The summed E-state index contributed by atoms with van der Waals surface area (Å²) in [5, 5.41) is 0. The molecular formula is C13H16N2O4S. The number of rotatable bonds is 2. The molecule has 1 aromatic heterocycles. The third kappa shape index (κ3) is 2.55. The van der Waals surface area contributed by atoms with Gasteiger partial charge >= 0.3 is 0 Å². The molecule has 7 heteroatoms. The molecule has 1 atom stereocenters. The van der Waals surface area contributed by atoms with Crippen molar-refractivity contribution in [3.63, 3.8) is 0 Å². The zero-order chi connectivity index (χ0) is 13.9. The highest BCUT2D eigenvalue weighted by Gasteiger charge is 2.38. The molecule has 0 radical (unpaired) electrons. The summed E-state index contributed by atoms with van der Waals surface area (Å²) in [6.07, 6.45) is 1.47. The lowest BCUT2D eigenvalue weighted by atomic mass is 10.2. The van der Waals surface area contributed by atoms with Gasteiger partial charge in [0, 0.05) is 18.8 Å². The van der Waals surface area contributed by atoms with Gasteiger partial charge in [0.15, 0.2) is 5.76 Å². The van der Waals surface area contributed by atoms with Crippen molar-refractivity contribution in [3.05, 3.63) is 24.2 Å². The van der Waals surface area contributed by atoms with E-state index in [1.165, 1.54) is 6.26 Å². The Hall–Kier alpha value is -1.47. The Labute approximate surface area is 121 Å². The maximum Gasteiger partial charge on any atom is 0.290 e. The topological polar surface area (TPSA) is 63.0 Å². The van der Waals surface area contributed by atoms with Crippen molar-refractivity contribution in [3.8, 4) is 0 Å². The van der Waals surface area contributed by atoms with Crippen LogP contribution in [0.5, 0.6) is 0 Å². The van der Waals surface area contributed by atoms with E-state index in [2.05, 4.69) is 0 Å². The monoisotopic (exact) mass is 296 g/mol. The molecule has 2 amide bonds. The number of hydrogen-bond acceptors (Lipinski definition) is 5. The van der Waals surface area contributed by atoms with E-state index in [0.29, 0.717) is 37.9 Å². The summed E-state index contributed by atoms with van der Waals surface area (Å²) >= 11 is 1.59. The molecule has 2 aliphatic heterocycles. The number of morpholine rings is 1. The van der Waals surface area contributed by atoms with Crippen LogP contribution in [0.3, 0.4) is 0 Å². The summed E-state index contributed by atoms with van der Waals surface area (Å²) in [6, 6.07) is 2.91. The summed E-state index contributed by atoms with van der Waals surface area (Å²) in [4.78, 5) is 28.2. The van der Waals surface area contributed by atoms with E-state index in [0.717, 1.165) is 0 Å². The largest absolute Gasteiger partial charge is 0.459 e. The van der Waals surface area contributed by atoms with Gasteiger partial charge in [-0.25, -0.2) is 0 Å². The van der Waals surface area contributed by atoms with E-state index in [9.17, 15) is 9.59 Å². The molecule has 0 saturated carbocycles. The van der Waals surface area contributed by atoms with Gasteiger partial charge in [-0.15, -0.1) is 11.8 Å². The Morgan fingerprint density at radius 3 is 2.80 bits per heavy atom. The fourth-order valence-electron chi connectivity index (χ4n) is 2.38. The molecule has 0 N–H and O–H groups in total. The lowest BCUT2D eigenvalue weighted by Crippen LogP contribution is -2.51. The first-order valence-corrected chi connectivity index (χ1v) is 7.71. The molecule has 108 valence electrons. The maximum atomic E-state index is 12.5. The highest BCUT2D eigenvalue weighted by molar-refractivity contribution is 7.99. The van der Waals surface area contributed by atoms with Crippen LogP contribution in [0.15, 0.2) is 22.8 Å². The minimum absolute atomic E-state index is 0.0122. The molecule has 2 aliphatic rings. The van der Waals surface area contributed by atoms with Crippen LogP contribution in [0.25, 0.3) is 0 Å². The first-order valence-electron chi connectivity index (χ1n) is 6.56. The van der Waals surface area contributed by atoms with Crippen molar-refractivity contribution in [2.75, 3.05) is 37.9 Å². The van der Waals surface area contributed by atoms with Crippen molar-refractivity contribution in [2.24, 2.45) is 0 Å². The van der Waals surface area contributed by atoms with Gasteiger partial charge in [0.1, 0.15) is 6.04 Å². The summed E-state index contributed by atoms with van der Waals surface area (Å²) in [7, 11) is 0. The lowest BCUT2D eigenvalue weighted by Gasteiger charge is -2.31. The zero-order valence-electron chi connectivity index (χ0n) is 11.0. The third-order valence-electron chi connectivity index (χ3n) is 3.48. The van der Waals surface area contributed by atoms with Crippen LogP contribution in [0.1, 0.15) is 10.6 Å². The summed E-state index contributed by atoms with van der Waals surface area (Å²) < 4.78 is 10.4. The Balaban J connectivity index is 1.71. The van der Waals surface area contributed by atoms with Crippen LogP contribution >= 0.6 is 11.8 Å². The number of furan rings is 1. The second-order valence-corrected chi connectivity index (χ2v) is 5.71. The van der Waals surface area contributed by atoms with Crippen LogP contribution in [0.4, 0.5) is 0 Å². The van der Waals surface area contributed by atoms with Crippen molar-refractivity contribution in [1.82, 2.24) is 9.80 Å². The molecule has 0 aromatic carbocycles. The standard InChI is InChI=1S/C13H16N2O4S/c16-12(14-3-6-18-7-4-14)10-8-20-9-15(10)13(17)11-2-1-5-19-11/h1-2,5,10H,3-4,6-9H2. The number of ether oxygens (including phenoxy) is 1. The Morgan fingerprint density at radius 1 is 1.30 bits per heavy atom. The number of carbonyl (C=O) groups excluding carboxylic acids is 2. The number of carbonyl (C=O) groups is 2. The zero-order valence-corrected chi connectivity index (χ0v) is 11.8. The average Bonchev–Trinajstić information content (AvgIpc) is 3.18. The predicted octanol–water partition coefficient (Wildman–Crippen LogP) is 0.653. The molecule has 1 aromatic rings. The molecule has 1 unspecified atom stereocenters. The van der Waals surface area contributed by atoms with E-state index in [1.54, 1.807) is 33.7 Å². The fraction of sp³-hybridized carbons (Fsp3) is 0.538. The van der Waals surface area contributed by atoms with Crippen molar-refractivity contribution in [1.29, 1.82) is 0 Å². The second-order valence-electron chi connectivity index (χ2n) is 4.71. The summed E-state index contributed by atoms with van der Waals surface area (Å²) in [5.74, 6) is 1.25. The van der Waals surface area contributed by atoms with E-state index in [1.807, 2.05) is 0 Å². The molecule has 20 heavy (non-hydrogen) atoms. The van der Waals surface area contributed by atoms with E-state index in [-0.39, 0.29) is 17.6 Å². The van der Waals surface area contributed by atoms with E-state index in [4.69, 9.17) is 9.15 Å². The molecule has 2 fully saturated rings. The molecule has 0 bridgehead atoms. The summed E-state index contributed by atoms with van der Waals surface area (Å²) in [5.41, 5.74) is 0. The normalized spacial score (nSPS) is 23.1. The molecule has 0 spiro atoms. The first kappa shape index (κ1) is 13.5. The second kappa shape index (κ2) is 5.88. The van der Waals surface area contributed by atoms with Crippen LogP contribution in [-0.2, 0) is 9.53 Å². The fourth-order valence-corrected chi connectivity index (χ4v) is 3.53. The average molecular weight is 296 g/mol. The molecule has 3 rings (SSSR count). The first-order chi connectivity index (χ1) is 9.77. The highest BCUT2D eigenvalue weighted by Crippen LogP contribution is 2.25. The van der Waals surface area contributed by atoms with Gasteiger partial charge in [-0.2, -0.15) is 0 Å². The Bertz CT molecular complexity index is 485. The van der Waals surface area contributed by atoms with Gasteiger partial charge in [-0.1, -0.05) is 0 Å². The number of amides is 2. The van der Waals surface area contributed by atoms with Gasteiger partial charge in [-0.3, -0.25) is 9.59 Å². The molecule has 3 heterocycles. The number of hydrogen-bond donors (Lipinski definition) is 0. The highest BCUT2D eigenvalue weighted by atomic mass is 32.2. The predicted molar refractivity (Wildman–Crippen MR) is 73.4 cm³/mol. The molecule has 6 nitrogen and oxygen atoms in total. The van der Waals surface area contributed by atoms with Crippen LogP contribution in [-0.4, -0.2) is 65.6 Å². The Kier molecular flexibility index (Phi) is 3.98. The lowest BCUT2D eigenvalue weighted by molar-refractivity contribution is -0.138. The SMILES string of the molecule is O=C(C1CSCN1C(=O)c1ccco1)N1CCOCC1. The van der Waals surface area contributed by atoms with Crippen LogP contribution < -0.4 is 0 Å². The third-order valence-corrected chi connectivity index (χ3v) is 4.50. The maximum absolute atomic E-state index is 12.5. The molecule has 0 aliphatic carbocycles. The summed E-state index contributed by atoms with van der Waals surface area (Å²) in [6.45, 7) is 2.33. The van der Waals surface area contributed by atoms with Crippen molar-refractivity contribution < 1.29 is 18.7 Å². The molecular weight excluding hydrogens is 280 g/mol. The van der Waals surface area contributed by atoms with Gasteiger partial charge in [-0.05, 0) is 12.1 Å². The van der Waals surface area contributed by atoms with Crippen LogP contribution in [0.2, 0.25) is 0 Å². The Morgan fingerprint density at radius 2 is 2.10 bits per heavy atom. The van der Waals surface area contributed by atoms with Gasteiger partial charge in [0.05, 0.1) is 25.4 Å². The van der Waals surface area contributed by atoms with Crippen molar-refractivity contribution in [2.45, 2.75) is 6.04 Å². The van der Waals surface area contributed by atoms with Crippen molar-refractivity contribution >= 4 is 23.6 Å². The quantitative estimate of drug-likeness (QED) is 0.802. The van der Waals surface area contributed by atoms with Crippen LogP contribution in [0, 0.1) is 0 Å². The number of nitrogens with zero attached hydrogens (tertiary/aromatic N) is 2. The van der Waals surface area contributed by atoms with Gasteiger partial charge in [0.2, 0.25) is 5.91 Å². The minimum atomic E-state index is -0.393. The number of thioether (sulfide) groups is 1. The van der Waals surface area contributed by atoms with Gasteiger partial charge in [0.25, 0.3) is 5.91 Å². The smallest absolute Gasteiger partial charge is 0.290 e. The molecule has 2 saturated heterocycles. The van der Waals surface area contributed by atoms with E-state index < -0.39 is 6.04 Å². The van der Waals surface area contributed by atoms with E-state index >= 15 is 0 Å².